The van der Waals surface area contributed by atoms with Crippen molar-refractivity contribution in [3.63, 3.8) is 0 Å². The van der Waals surface area contributed by atoms with E-state index in [9.17, 15) is 107 Å². The number of aliphatic hydroxyl groups excluding tert-OH is 21. The minimum absolute atomic E-state index is 1.05. The van der Waals surface area contributed by atoms with Crippen molar-refractivity contribution in [2.75, 3.05) is 46.2 Å². The zero-order valence-corrected chi connectivity index (χ0v) is 40.3. The van der Waals surface area contributed by atoms with Gasteiger partial charge in [-0.15, -0.1) is 0 Å². The molecule has 35 atom stereocenters. The molecule has 448 valence electrons. The van der Waals surface area contributed by atoms with Crippen molar-refractivity contribution >= 4 is 0 Å². The lowest BCUT2D eigenvalue weighted by atomic mass is 9.95. The predicted molar refractivity (Wildman–Crippen MR) is 228 cm³/mol. The Morgan fingerprint density at radius 2 is 0.260 bits per heavy atom. The lowest BCUT2D eigenvalue weighted by Crippen LogP contribution is -2.68. The molecule has 0 aromatic heterocycles. The fourth-order valence-corrected chi connectivity index (χ4v) is 10.4. The molecule has 21 fully saturated rings. The van der Waals surface area contributed by atoms with Gasteiger partial charge in [0, 0.05) is 0 Å². The summed E-state index contributed by atoms with van der Waals surface area (Å²) in [4.78, 5) is 0. The van der Waals surface area contributed by atoms with Gasteiger partial charge in [-0.25, -0.2) is 0 Å². The normalized spacial score (nSPS) is 55.4. The third kappa shape index (κ3) is 12.1. The Bertz CT molecular complexity index is 1470. The maximum absolute atomic E-state index is 11.3. The predicted octanol–water partition coefficient (Wildman–Crippen LogP) is -15.2. The summed E-state index contributed by atoms with van der Waals surface area (Å²) in [5.74, 6) is 0. The van der Waals surface area contributed by atoms with Gasteiger partial charge in [-0.2, -0.15) is 0 Å². The third-order valence-corrected chi connectivity index (χ3v) is 14.8. The topological polar surface area (TPSA) is 554 Å². The van der Waals surface area contributed by atoms with Crippen LogP contribution >= 0.6 is 0 Å². The van der Waals surface area contributed by atoms with Crippen molar-refractivity contribution in [1.82, 2.24) is 0 Å². The molecule has 21 N–H and O–H groups in total. The molecular formula is C42H70O35. The Hall–Kier alpha value is -1.40. The zero-order valence-electron chi connectivity index (χ0n) is 40.3. The Balaban J connectivity index is 1.08. The van der Waals surface area contributed by atoms with E-state index >= 15 is 0 Å². The van der Waals surface area contributed by atoms with Crippen molar-refractivity contribution in [3.05, 3.63) is 0 Å². The van der Waals surface area contributed by atoms with Gasteiger partial charge in [-0.3, -0.25) is 0 Å². The van der Waals surface area contributed by atoms with Gasteiger partial charge in [0.15, 0.2) is 44.0 Å². The molecule has 77 heavy (non-hydrogen) atoms. The van der Waals surface area contributed by atoms with Crippen LogP contribution in [0.3, 0.4) is 0 Å². The van der Waals surface area contributed by atoms with Crippen molar-refractivity contribution in [1.29, 1.82) is 0 Å². The van der Waals surface area contributed by atoms with Crippen LogP contribution in [-0.4, -0.2) is 368 Å². The molecule has 0 unspecified atom stereocenters. The zero-order chi connectivity index (χ0) is 56.1. The molecule has 0 aromatic rings. The van der Waals surface area contributed by atoms with Crippen molar-refractivity contribution in [2.24, 2.45) is 0 Å². The number of rotatable bonds is 7. The van der Waals surface area contributed by atoms with Crippen LogP contribution in [0.15, 0.2) is 0 Å². The molecule has 14 bridgehead atoms. The van der Waals surface area contributed by atoms with Crippen LogP contribution in [0, 0.1) is 0 Å². The van der Waals surface area contributed by atoms with Gasteiger partial charge in [0.25, 0.3) is 0 Å². The van der Waals surface area contributed by atoms with E-state index in [1.165, 1.54) is 0 Å². The van der Waals surface area contributed by atoms with E-state index in [0.717, 1.165) is 0 Å². The van der Waals surface area contributed by atoms with Gasteiger partial charge in [0.05, 0.1) is 46.2 Å². The van der Waals surface area contributed by atoms with Crippen molar-refractivity contribution in [2.45, 2.75) is 215 Å². The fourth-order valence-electron chi connectivity index (χ4n) is 10.4. The molecule has 21 rings (SSSR count). The molecule has 21 heterocycles. The number of hydrogen-bond acceptors (Lipinski definition) is 35. The van der Waals surface area contributed by atoms with E-state index < -0.39 is 261 Å². The average molecular weight is 1130 g/mol. The summed E-state index contributed by atoms with van der Waals surface area (Å²) < 4.78 is 79.5. The van der Waals surface area contributed by atoms with Gasteiger partial charge in [-0.05, 0) is 0 Å². The molecular weight excluding hydrogens is 1060 g/mol. The Morgan fingerprint density at radius 3 is 0.351 bits per heavy atom. The summed E-state index contributed by atoms with van der Waals surface area (Å²) in [6.45, 7) is -7.33. The van der Waals surface area contributed by atoms with Crippen LogP contribution in [0.4, 0.5) is 0 Å². The first kappa shape index (κ1) is 61.7. The Morgan fingerprint density at radius 1 is 0.156 bits per heavy atom. The molecule has 0 saturated carbocycles. The molecule has 35 nitrogen and oxygen atoms in total. The summed E-state index contributed by atoms with van der Waals surface area (Å²) in [6.07, 6.45) is -70.2. The van der Waals surface area contributed by atoms with Gasteiger partial charge in [0.2, 0.25) is 0 Å². The lowest BCUT2D eigenvalue weighted by Gasteiger charge is -2.50. The van der Waals surface area contributed by atoms with Gasteiger partial charge >= 0.3 is 0 Å². The second kappa shape index (κ2) is 26.0. The first-order valence-electron chi connectivity index (χ1n) is 24.6. The number of ether oxygens (including phenoxy) is 14. The molecule has 21 aliphatic heterocycles. The van der Waals surface area contributed by atoms with Gasteiger partial charge < -0.3 is 174 Å². The molecule has 0 spiro atoms. The Labute approximate surface area is 434 Å². The second-order valence-electron chi connectivity index (χ2n) is 19.7. The SMILES string of the molecule is OC[C@@H]1O[C@@H]2O[C@H]3[C@@H](O)[C@H](O)[C@@H](O[C@H]4[C@@H](O)[C@H](O)[C@@H](O[C@H]5[C@@H](O)[C@H](O)[C@@H](O[C@H]6[C@H](O)[C@@H](O)[C@@H](O[C@H]7[C@H](O)[C@@H](O)[C@@H](O[C@H]8[C@H](O)[C@@H](O)[C@@H](O[C@H]1[C@H](O)[C@H]2O)O[C@@H]8CO)O[C@@H]7CO)O[C@@H]6CO)O[C@@H]5CO)O[C@@H]4CO)O[C@@H]3CO. The summed E-state index contributed by atoms with van der Waals surface area (Å²) >= 11 is 0. The van der Waals surface area contributed by atoms with Crippen LogP contribution in [-0.2, 0) is 66.3 Å². The second-order valence-corrected chi connectivity index (χ2v) is 19.7. The van der Waals surface area contributed by atoms with E-state index in [1.54, 1.807) is 0 Å². The minimum atomic E-state index is -2.21. The average Bonchev–Trinajstić information content (AvgIpc) is 3.45. The molecule has 21 aliphatic rings. The van der Waals surface area contributed by atoms with Gasteiger partial charge in [0.1, 0.15) is 171 Å². The highest BCUT2D eigenvalue weighted by molar-refractivity contribution is 5.01. The molecule has 0 aliphatic carbocycles. The fraction of sp³-hybridized carbons (Fsp3) is 1.00. The summed E-state index contributed by atoms with van der Waals surface area (Å²) in [7, 11) is 0. The summed E-state index contributed by atoms with van der Waals surface area (Å²) in [6, 6.07) is 0. The minimum Gasteiger partial charge on any atom is -0.394 e. The van der Waals surface area contributed by atoms with Crippen molar-refractivity contribution in [3.8, 4) is 0 Å². The van der Waals surface area contributed by atoms with E-state index in [2.05, 4.69) is 0 Å². The molecule has 0 aromatic carbocycles. The van der Waals surface area contributed by atoms with E-state index in [0.29, 0.717) is 0 Å². The van der Waals surface area contributed by atoms with Crippen molar-refractivity contribution < 1.29 is 174 Å². The lowest BCUT2D eigenvalue weighted by molar-refractivity contribution is -0.396. The van der Waals surface area contributed by atoms with Crippen LogP contribution in [0.2, 0.25) is 0 Å². The molecule has 21 saturated heterocycles. The summed E-state index contributed by atoms with van der Waals surface area (Å²) in [5, 5.41) is 230. The van der Waals surface area contributed by atoms with Crippen LogP contribution in [0.5, 0.6) is 0 Å². The van der Waals surface area contributed by atoms with E-state index in [-0.39, 0.29) is 0 Å². The van der Waals surface area contributed by atoms with Crippen LogP contribution in [0.25, 0.3) is 0 Å². The highest BCUT2D eigenvalue weighted by Crippen LogP contribution is 2.39. The molecule has 0 radical (unpaired) electrons. The largest absolute Gasteiger partial charge is 0.394 e. The first-order valence-corrected chi connectivity index (χ1v) is 24.6. The maximum atomic E-state index is 11.3. The third-order valence-electron chi connectivity index (χ3n) is 14.8. The maximum Gasteiger partial charge on any atom is 0.187 e. The molecule has 0 amide bonds. The quantitative estimate of drug-likeness (QED) is 0.113. The smallest absolute Gasteiger partial charge is 0.187 e. The van der Waals surface area contributed by atoms with Crippen LogP contribution in [0.1, 0.15) is 0 Å². The number of hydrogen-bond donors (Lipinski definition) is 21. The highest BCUT2D eigenvalue weighted by Gasteiger charge is 2.59. The standard InChI is InChI=1S/C42H70O35/c43-1-8-29-15(50)22(57)36(64-8)72-30-9(2-44)66-38(24(59)17(30)52)74-32-11(4-46)68-40(26(61)19(32)54)76-34-13(6-48)70-42(28(63)21(34)56)77-35-14(7-49)69-41(27(62)20(35)55)75-33-12(5-47)67-39(25(60)18(33)53)73-31-10(3-45)65-37(71-29)23(58)16(31)51/h8-63H,1-7H2/t8-,9-,10-,11-,12-,13-,14+,15+,16+,17-,18+,19-,20-,21-,22+,23+,24-,25+,26-,27-,28-,29-,30-,31-,32-,33-,34-,35-,36-,37-,38-,39-,40-,41-,42-/m1/s1. The first-order chi connectivity index (χ1) is 36.7. The van der Waals surface area contributed by atoms with E-state index in [4.69, 9.17) is 66.3 Å². The monoisotopic (exact) mass is 1130 g/mol. The van der Waals surface area contributed by atoms with Gasteiger partial charge in [-0.1, -0.05) is 0 Å². The Kier molecular flexibility index (Phi) is 20.8. The number of aliphatic hydroxyl groups is 21. The molecule has 35 heteroatoms. The summed E-state index contributed by atoms with van der Waals surface area (Å²) in [5.41, 5.74) is 0. The van der Waals surface area contributed by atoms with E-state index in [1.807, 2.05) is 0 Å². The van der Waals surface area contributed by atoms with Crippen LogP contribution < -0.4 is 0 Å². The highest BCUT2D eigenvalue weighted by atomic mass is 16.8.